The van der Waals surface area contributed by atoms with Crippen LogP contribution in [0.1, 0.15) is 53.4 Å². The van der Waals surface area contributed by atoms with Gasteiger partial charge in [-0.05, 0) is 25.0 Å². The summed E-state index contributed by atoms with van der Waals surface area (Å²) in [4.78, 5) is 41.9. The summed E-state index contributed by atoms with van der Waals surface area (Å²) in [5.74, 6) is -0.449. The minimum absolute atomic E-state index is 0.172. The van der Waals surface area contributed by atoms with E-state index in [1.165, 1.54) is 27.6 Å². The molecule has 3 amide bonds. The third-order valence-corrected chi connectivity index (χ3v) is 7.02. The third-order valence-electron chi connectivity index (χ3n) is 6.02. The van der Waals surface area contributed by atoms with Gasteiger partial charge in [-0.15, -0.1) is 10.2 Å². The third kappa shape index (κ3) is 2.25. The largest absolute Gasteiger partial charge is 0.310 e. The van der Waals surface area contributed by atoms with E-state index in [1.54, 1.807) is 31.3 Å². The van der Waals surface area contributed by atoms with Crippen molar-refractivity contribution in [3.05, 3.63) is 34.8 Å². The van der Waals surface area contributed by atoms with Gasteiger partial charge in [-0.2, -0.15) is 0 Å². The minimum Gasteiger partial charge on any atom is -0.310 e. The van der Waals surface area contributed by atoms with Crippen molar-refractivity contribution in [2.45, 2.75) is 43.7 Å². The molecule has 0 spiro atoms. The molecule has 8 nitrogen and oxygen atoms in total. The topological polar surface area (TPSA) is 95.5 Å². The molecule has 1 unspecified atom stereocenters. The second-order valence-electron chi connectivity index (χ2n) is 7.45. The van der Waals surface area contributed by atoms with Gasteiger partial charge in [0.05, 0.1) is 11.3 Å². The molecule has 0 bridgehead atoms. The van der Waals surface area contributed by atoms with E-state index in [0.717, 1.165) is 17.8 Å². The standard InChI is InChI=1S/C19H19N5O3S/c1-23-16(26)12-7-2-3-8-13(12)24-14(25)9-10-19(23,24)17(27)20-18-22-21-15(28-18)11-5-4-6-11/h2-3,7-8,11H,4-6,9-10H2,1H3,(H,20,22,27). The molecule has 5 rings (SSSR count). The van der Waals surface area contributed by atoms with Crippen molar-refractivity contribution in [1.82, 2.24) is 15.1 Å². The van der Waals surface area contributed by atoms with Crippen molar-refractivity contribution >= 4 is 39.9 Å². The van der Waals surface area contributed by atoms with Gasteiger partial charge in [0, 0.05) is 25.8 Å². The molecule has 1 atom stereocenters. The molecule has 9 heteroatoms. The zero-order valence-electron chi connectivity index (χ0n) is 15.3. The maximum Gasteiger partial charge on any atom is 0.273 e. The van der Waals surface area contributed by atoms with Gasteiger partial charge in [0.2, 0.25) is 16.7 Å². The van der Waals surface area contributed by atoms with Crippen molar-refractivity contribution in [2.24, 2.45) is 0 Å². The van der Waals surface area contributed by atoms with E-state index in [2.05, 4.69) is 15.5 Å². The molecular formula is C19H19N5O3S. The first-order valence-electron chi connectivity index (χ1n) is 9.37. The predicted molar refractivity (Wildman–Crippen MR) is 103 cm³/mol. The average molecular weight is 397 g/mol. The number of carbonyl (C=O) groups is 3. The highest BCUT2D eigenvalue weighted by atomic mass is 32.1. The summed E-state index contributed by atoms with van der Waals surface area (Å²) in [6.07, 6.45) is 3.83. The molecule has 1 N–H and O–H groups in total. The van der Waals surface area contributed by atoms with E-state index in [-0.39, 0.29) is 24.7 Å². The molecule has 0 radical (unpaired) electrons. The van der Waals surface area contributed by atoms with Crippen LogP contribution in [0.25, 0.3) is 0 Å². The SMILES string of the molecule is CN1C(=O)c2ccccc2N2C(=O)CCC12C(=O)Nc1nnc(C2CCC2)s1. The molecular weight excluding hydrogens is 378 g/mol. The fourth-order valence-corrected chi connectivity index (χ4v) is 5.14. The molecule has 3 heterocycles. The quantitative estimate of drug-likeness (QED) is 0.858. The molecule has 144 valence electrons. The summed E-state index contributed by atoms with van der Waals surface area (Å²) in [5, 5.41) is 12.4. The monoisotopic (exact) mass is 397 g/mol. The summed E-state index contributed by atoms with van der Waals surface area (Å²) >= 11 is 1.37. The number of para-hydroxylation sites is 1. The molecule has 2 fully saturated rings. The number of rotatable bonds is 3. The first-order valence-corrected chi connectivity index (χ1v) is 10.2. The van der Waals surface area contributed by atoms with Gasteiger partial charge >= 0.3 is 0 Å². The normalized spacial score (nSPS) is 24.0. The second-order valence-corrected chi connectivity index (χ2v) is 8.46. The maximum atomic E-state index is 13.4. The predicted octanol–water partition coefficient (Wildman–Crippen LogP) is 2.35. The number of benzene rings is 1. The minimum atomic E-state index is -1.38. The Balaban J connectivity index is 1.51. The fourth-order valence-electron chi connectivity index (χ4n) is 4.23. The summed E-state index contributed by atoms with van der Waals surface area (Å²) < 4.78 is 0. The zero-order valence-corrected chi connectivity index (χ0v) is 16.2. The van der Waals surface area contributed by atoms with E-state index >= 15 is 0 Å². The Morgan fingerprint density at radius 2 is 2.04 bits per heavy atom. The summed E-state index contributed by atoms with van der Waals surface area (Å²) in [5.41, 5.74) is -0.479. The first kappa shape index (κ1) is 17.3. The van der Waals surface area contributed by atoms with Crippen molar-refractivity contribution in [2.75, 3.05) is 17.3 Å². The Kier molecular flexibility index (Phi) is 3.77. The van der Waals surface area contributed by atoms with E-state index in [9.17, 15) is 14.4 Å². The number of hydrogen-bond acceptors (Lipinski definition) is 6. The summed E-state index contributed by atoms with van der Waals surface area (Å²) in [6, 6.07) is 6.91. The molecule has 3 aliphatic rings. The lowest BCUT2D eigenvalue weighted by molar-refractivity contribution is -0.128. The van der Waals surface area contributed by atoms with Gasteiger partial charge < -0.3 is 4.90 Å². The fraction of sp³-hybridized carbons (Fsp3) is 0.421. The van der Waals surface area contributed by atoms with Crippen LogP contribution in [0, 0.1) is 0 Å². The number of hydrogen-bond donors (Lipinski definition) is 1. The van der Waals surface area contributed by atoms with Crippen molar-refractivity contribution in [1.29, 1.82) is 0 Å². The van der Waals surface area contributed by atoms with Gasteiger partial charge in [-0.3, -0.25) is 24.6 Å². The van der Waals surface area contributed by atoms with Gasteiger partial charge in [-0.25, -0.2) is 0 Å². The molecule has 1 aromatic heterocycles. The van der Waals surface area contributed by atoms with Crippen LogP contribution >= 0.6 is 11.3 Å². The number of anilines is 2. The number of nitrogens with zero attached hydrogens (tertiary/aromatic N) is 4. The van der Waals surface area contributed by atoms with Crippen LogP contribution in [0.5, 0.6) is 0 Å². The average Bonchev–Trinajstić information content (AvgIpc) is 3.24. The van der Waals surface area contributed by atoms with Crippen LogP contribution in [0.3, 0.4) is 0 Å². The Morgan fingerprint density at radius 3 is 2.79 bits per heavy atom. The van der Waals surface area contributed by atoms with E-state index < -0.39 is 11.6 Å². The summed E-state index contributed by atoms with van der Waals surface area (Å²) in [6.45, 7) is 0. The highest BCUT2D eigenvalue weighted by Gasteiger charge is 2.59. The van der Waals surface area contributed by atoms with Crippen LogP contribution in [-0.2, 0) is 9.59 Å². The lowest BCUT2D eigenvalue weighted by Crippen LogP contribution is -2.68. The summed E-state index contributed by atoms with van der Waals surface area (Å²) in [7, 11) is 1.57. The molecule has 1 saturated carbocycles. The van der Waals surface area contributed by atoms with Crippen molar-refractivity contribution in [3.8, 4) is 0 Å². The van der Waals surface area contributed by atoms with Crippen LogP contribution in [0.4, 0.5) is 10.8 Å². The van der Waals surface area contributed by atoms with Crippen LogP contribution in [0.15, 0.2) is 24.3 Å². The number of nitrogens with one attached hydrogen (secondary N) is 1. The Morgan fingerprint density at radius 1 is 1.25 bits per heavy atom. The van der Waals surface area contributed by atoms with Crippen LogP contribution in [-0.4, -0.2) is 45.5 Å². The number of likely N-dealkylation sites (N-methyl/N-ethyl adjacent to an activating group) is 1. The first-order chi connectivity index (χ1) is 13.5. The number of aromatic nitrogens is 2. The smallest absolute Gasteiger partial charge is 0.273 e. The van der Waals surface area contributed by atoms with Crippen LogP contribution < -0.4 is 10.2 Å². The molecule has 1 aliphatic carbocycles. The van der Waals surface area contributed by atoms with E-state index in [1.807, 2.05) is 0 Å². The molecule has 2 aliphatic heterocycles. The van der Waals surface area contributed by atoms with Crippen molar-refractivity contribution < 1.29 is 14.4 Å². The molecule has 1 saturated heterocycles. The van der Waals surface area contributed by atoms with E-state index in [0.29, 0.717) is 22.3 Å². The maximum absolute atomic E-state index is 13.4. The highest BCUT2D eigenvalue weighted by molar-refractivity contribution is 7.15. The van der Waals surface area contributed by atoms with Gasteiger partial charge in [0.15, 0.2) is 0 Å². The number of fused-ring (bicyclic) bond motifs is 3. The Bertz CT molecular complexity index is 1000. The van der Waals surface area contributed by atoms with Crippen LogP contribution in [0.2, 0.25) is 0 Å². The molecule has 1 aromatic carbocycles. The second kappa shape index (κ2) is 6.10. The van der Waals surface area contributed by atoms with Gasteiger partial charge in [-0.1, -0.05) is 29.9 Å². The van der Waals surface area contributed by atoms with E-state index in [4.69, 9.17) is 0 Å². The Labute approximate surface area is 165 Å². The van der Waals surface area contributed by atoms with Gasteiger partial charge in [0.1, 0.15) is 5.01 Å². The number of carbonyl (C=O) groups excluding carboxylic acids is 3. The molecule has 2 aromatic rings. The lowest BCUT2D eigenvalue weighted by Gasteiger charge is -2.47. The highest BCUT2D eigenvalue weighted by Crippen LogP contribution is 2.44. The Hall–Kier alpha value is -2.81. The van der Waals surface area contributed by atoms with Gasteiger partial charge in [0.25, 0.3) is 11.8 Å². The van der Waals surface area contributed by atoms with Crippen molar-refractivity contribution in [3.63, 3.8) is 0 Å². The zero-order chi connectivity index (χ0) is 19.5. The lowest BCUT2D eigenvalue weighted by atomic mass is 9.86. The number of amides is 3. The molecule has 28 heavy (non-hydrogen) atoms.